The quantitative estimate of drug-likeness (QED) is 0.290. The lowest BCUT2D eigenvalue weighted by atomic mass is 9.85. The number of nitrogens with one attached hydrogen (secondary N) is 1. The molecule has 1 aliphatic heterocycles. The minimum atomic E-state index is 0.00169. The molecule has 0 bridgehead atoms. The summed E-state index contributed by atoms with van der Waals surface area (Å²) in [6.45, 7) is 9.58. The molecule has 1 atom stereocenters. The summed E-state index contributed by atoms with van der Waals surface area (Å²) < 4.78 is 6.20. The summed E-state index contributed by atoms with van der Waals surface area (Å²) in [6.07, 6.45) is 2.05. The second-order valence-corrected chi connectivity index (χ2v) is 10.0. The number of aliphatic imine (C=N–C) groups is 1. The molecular weight excluding hydrogens is 440 g/mol. The Morgan fingerprint density at radius 2 is 1.44 bits per heavy atom. The molecular formula is C33H34N2O. The van der Waals surface area contributed by atoms with E-state index in [2.05, 4.69) is 118 Å². The van der Waals surface area contributed by atoms with Crippen LogP contribution >= 0.6 is 0 Å². The van der Waals surface area contributed by atoms with Gasteiger partial charge < -0.3 is 10.1 Å². The first-order chi connectivity index (χ1) is 17.5. The van der Waals surface area contributed by atoms with Crippen LogP contribution in [0, 0.1) is 0 Å². The summed E-state index contributed by atoms with van der Waals surface area (Å²) in [7, 11) is 0. The van der Waals surface area contributed by atoms with Gasteiger partial charge in [-0.05, 0) is 45.5 Å². The van der Waals surface area contributed by atoms with E-state index in [9.17, 15) is 0 Å². The number of anilines is 1. The van der Waals surface area contributed by atoms with Gasteiger partial charge in [-0.1, -0.05) is 113 Å². The minimum absolute atomic E-state index is 0.00169. The third-order valence-electron chi connectivity index (χ3n) is 6.83. The number of hydrogen-bond acceptors (Lipinski definition) is 3. The van der Waals surface area contributed by atoms with Crippen molar-refractivity contribution in [2.24, 2.45) is 4.99 Å². The molecule has 1 heterocycles. The highest BCUT2D eigenvalue weighted by atomic mass is 16.5. The average Bonchev–Trinajstić information content (AvgIpc) is 3.36. The lowest BCUT2D eigenvalue weighted by Gasteiger charge is -2.21. The second-order valence-electron chi connectivity index (χ2n) is 10.0. The van der Waals surface area contributed by atoms with Crippen LogP contribution in [0.25, 0.3) is 16.5 Å². The summed E-state index contributed by atoms with van der Waals surface area (Å²) in [5.74, 6) is 1.53. The number of fused-ring (bicyclic) bond motifs is 1. The van der Waals surface area contributed by atoms with Crippen LogP contribution in [0.4, 0.5) is 5.69 Å². The third kappa shape index (κ3) is 4.92. The summed E-state index contributed by atoms with van der Waals surface area (Å²) in [5, 5.41) is 6.07. The van der Waals surface area contributed by atoms with Gasteiger partial charge >= 0.3 is 0 Å². The van der Waals surface area contributed by atoms with Crippen molar-refractivity contribution >= 4 is 28.1 Å². The molecule has 5 rings (SSSR count). The van der Waals surface area contributed by atoms with Gasteiger partial charge in [0.25, 0.3) is 0 Å². The van der Waals surface area contributed by atoms with Crippen LogP contribution in [-0.4, -0.2) is 12.5 Å². The van der Waals surface area contributed by atoms with Crippen LogP contribution in [0.3, 0.4) is 0 Å². The van der Waals surface area contributed by atoms with Crippen molar-refractivity contribution in [2.45, 2.75) is 45.6 Å². The van der Waals surface area contributed by atoms with Crippen LogP contribution in [-0.2, 0) is 4.74 Å². The zero-order chi connectivity index (χ0) is 25.1. The first-order valence-electron chi connectivity index (χ1n) is 12.9. The van der Waals surface area contributed by atoms with Gasteiger partial charge in [-0.25, -0.2) is 4.99 Å². The number of rotatable bonds is 7. The van der Waals surface area contributed by atoms with Crippen LogP contribution in [0.5, 0.6) is 0 Å². The molecule has 1 N–H and O–H groups in total. The fraction of sp³-hybridized carbons (Fsp3) is 0.242. The Hall–Kier alpha value is -3.85. The molecule has 182 valence electrons. The Kier molecular flexibility index (Phi) is 6.90. The van der Waals surface area contributed by atoms with Crippen molar-refractivity contribution in [3.05, 3.63) is 119 Å². The molecule has 36 heavy (non-hydrogen) atoms. The van der Waals surface area contributed by atoms with Crippen LogP contribution in [0.1, 0.15) is 67.8 Å². The van der Waals surface area contributed by atoms with Gasteiger partial charge in [-0.15, -0.1) is 0 Å². The van der Waals surface area contributed by atoms with E-state index in [1.54, 1.807) is 0 Å². The first-order valence-corrected chi connectivity index (χ1v) is 12.9. The molecule has 0 amide bonds. The summed E-state index contributed by atoms with van der Waals surface area (Å²) in [5.41, 5.74) is 7.17. The molecule has 0 fully saturated rings. The van der Waals surface area contributed by atoms with Crippen molar-refractivity contribution in [3.63, 3.8) is 0 Å². The first kappa shape index (κ1) is 23.9. The molecule has 0 radical (unpaired) electrons. The molecule has 1 aliphatic rings. The number of hydrogen-bond donors (Lipinski definition) is 1. The largest absolute Gasteiger partial charge is 0.475 e. The average molecular weight is 475 g/mol. The van der Waals surface area contributed by atoms with E-state index in [-0.39, 0.29) is 6.04 Å². The lowest BCUT2D eigenvalue weighted by molar-refractivity contribution is 0.319. The highest BCUT2D eigenvalue weighted by Crippen LogP contribution is 2.37. The Morgan fingerprint density at radius 1 is 0.806 bits per heavy atom. The van der Waals surface area contributed by atoms with Crippen molar-refractivity contribution in [2.75, 3.05) is 11.9 Å². The minimum Gasteiger partial charge on any atom is -0.475 e. The molecule has 0 aliphatic carbocycles. The van der Waals surface area contributed by atoms with E-state index in [0.29, 0.717) is 24.3 Å². The van der Waals surface area contributed by atoms with Crippen LogP contribution in [0.15, 0.2) is 102 Å². The standard InChI is InChI=1S/C33H34N2O/c1-22(2)26-17-11-18-27(23(3)4)33(26)31-21-36-32(35-31)20-30(25-13-6-5-7-14-25)34-29-19-10-15-24-12-8-9-16-28(24)29/h5-20,22-23,31,34H,21H2,1-4H3. The maximum atomic E-state index is 6.20. The van der Waals surface area contributed by atoms with Gasteiger partial charge in [-0.2, -0.15) is 0 Å². The number of ether oxygens (including phenoxy) is 1. The second kappa shape index (κ2) is 10.4. The van der Waals surface area contributed by atoms with Gasteiger partial charge in [0.2, 0.25) is 5.90 Å². The smallest absolute Gasteiger partial charge is 0.211 e. The third-order valence-corrected chi connectivity index (χ3v) is 6.83. The number of nitrogens with zero attached hydrogens (tertiary/aromatic N) is 1. The molecule has 4 aromatic carbocycles. The van der Waals surface area contributed by atoms with Gasteiger partial charge in [0, 0.05) is 17.1 Å². The van der Waals surface area contributed by atoms with Gasteiger partial charge in [0.05, 0.1) is 5.70 Å². The van der Waals surface area contributed by atoms with Gasteiger partial charge in [0.15, 0.2) is 0 Å². The lowest BCUT2D eigenvalue weighted by Crippen LogP contribution is -2.09. The van der Waals surface area contributed by atoms with Crippen molar-refractivity contribution in [3.8, 4) is 0 Å². The maximum Gasteiger partial charge on any atom is 0.211 e. The monoisotopic (exact) mass is 474 g/mol. The maximum absolute atomic E-state index is 6.20. The van der Waals surface area contributed by atoms with E-state index < -0.39 is 0 Å². The molecule has 0 spiro atoms. The van der Waals surface area contributed by atoms with Crippen LogP contribution in [0.2, 0.25) is 0 Å². The molecule has 4 aromatic rings. The Balaban J connectivity index is 1.55. The number of benzene rings is 4. The molecule has 0 saturated heterocycles. The summed E-state index contributed by atoms with van der Waals surface area (Å²) in [4.78, 5) is 5.09. The molecule has 1 unspecified atom stereocenters. The summed E-state index contributed by atoms with van der Waals surface area (Å²) >= 11 is 0. The Bertz CT molecular complexity index is 1380. The van der Waals surface area contributed by atoms with E-state index >= 15 is 0 Å². The topological polar surface area (TPSA) is 33.6 Å². The summed E-state index contributed by atoms with van der Waals surface area (Å²) in [6, 6.07) is 31.8. The zero-order valence-corrected chi connectivity index (χ0v) is 21.5. The molecule has 0 saturated carbocycles. The van der Waals surface area contributed by atoms with Crippen molar-refractivity contribution < 1.29 is 4.74 Å². The predicted octanol–water partition coefficient (Wildman–Crippen LogP) is 8.71. The molecule has 0 aromatic heterocycles. The van der Waals surface area contributed by atoms with Crippen molar-refractivity contribution in [1.29, 1.82) is 0 Å². The van der Waals surface area contributed by atoms with Gasteiger partial charge in [0.1, 0.15) is 12.6 Å². The molecule has 3 heteroatoms. The van der Waals surface area contributed by atoms with E-state index in [4.69, 9.17) is 9.73 Å². The van der Waals surface area contributed by atoms with E-state index in [0.717, 1.165) is 16.9 Å². The Morgan fingerprint density at radius 3 is 2.17 bits per heavy atom. The zero-order valence-electron chi connectivity index (χ0n) is 21.5. The molecule has 3 nitrogen and oxygen atoms in total. The highest BCUT2D eigenvalue weighted by molar-refractivity contribution is 6.02. The SMILES string of the molecule is CC(C)c1cccc(C(C)C)c1C1COC(C=C(Nc2cccc3ccccc23)c2ccccc2)=N1. The fourth-order valence-corrected chi connectivity index (χ4v) is 5.02. The fourth-order valence-electron chi connectivity index (χ4n) is 5.02. The van der Waals surface area contributed by atoms with E-state index in [1.165, 1.54) is 27.5 Å². The van der Waals surface area contributed by atoms with Crippen molar-refractivity contribution in [1.82, 2.24) is 0 Å². The normalized spacial score (nSPS) is 15.9. The Labute approximate surface area is 214 Å². The highest BCUT2D eigenvalue weighted by Gasteiger charge is 2.26. The van der Waals surface area contributed by atoms with Gasteiger partial charge in [-0.3, -0.25) is 0 Å². The predicted molar refractivity (Wildman–Crippen MR) is 153 cm³/mol. The van der Waals surface area contributed by atoms with E-state index in [1.807, 2.05) is 12.1 Å². The van der Waals surface area contributed by atoms with Crippen LogP contribution < -0.4 is 5.32 Å².